The Morgan fingerprint density at radius 3 is 2.53 bits per heavy atom. The molecule has 0 aliphatic rings. The number of aliphatic hydroxyl groups excluding tert-OH is 1. The number of sulfonamides is 1. The Hall–Kier alpha value is -0.910. The van der Waals surface area contributed by atoms with Crippen LogP contribution >= 0.6 is 0 Å². The Labute approximate surface area is 103 Å². The molecule has 0 saturated carbocycles. The molecule has 1 atom stereocenters. The van der Waals surface area contributed by atoms with Crippen LogP contribution in [0.15, 0.2) is 30.3 Å². The number of nitrogens with one attached hydrogen (secondary N) is 1. The van der Waals surface area contributed by atoms with E-state index in [2.05, 4.69) is 4.72 Å². The fourth-order valence-corrected chi connectivity index (χ4v) is 2.30. The minimum absolute atomic E-state index is 0.353. The van der Waals surface area contributed by atoms with Crippen LogP contribution in [-0.4, -0.2) is 31.9 Å². The molecule has 0 heterocycles. The summed E-state index contributed by atoms with van der Waals surface area (Å²) in [6.45, 7) is 1.54. The van der Waals surface area contributed by atoms with E-state index in [1.165, 1.54) is 12.5 Å². The maximum Gasteiger partial charge on any atom is 0.216 e. The molecular formula is C12H19NO3S. The van der Waals surface area contributed by atoms with Gasteiger partial charge in [0.15, 0.2) is 0 Å². The van der Waals surface area contributed by atoms with E-state index in [0.717, 1.165) is 12.8 Å². The fraction of sp³-hybridized carbons (Fsp3) is 0.500. The molecule has 1 rings (SSSR count). The highest BCUT2D eigenvalue weighted by atomic mass is 32.2. The first-order valence-electron chi connectivity index (χ1n) is 5.69. The molecule has 1 aromatic rings. The third kappa shape index (κ3) is 4.85. The highest BCUT2D eigenvalue weighted by molar-refractivity contribution is 7.90. The first-order chi connectivity index (χ1) is 8.06. The topological polar surface area (TPSA) is 66.4 Å². The molecule has 17 heavy (non-hydrogen) atoms. The zero-order valence-electron chi connectivity index (χ0n) is 9.96. The van der Waals surface area contributed by atoms with Gasteiger partial charge in [0.1, 0.15) is 0 Å². The summed E-state index contributed by atoms with van der Waals surface area (Å²) in [5, 5.41) is 8.04. The van der Waals surface area contributed by atoms with Crippen molar-refractivity contribution in [3.63, 3.8) is 0 Å². The van der Waals surface area contributed by atoms with Crippen LogP contribution < -0.4 is 4.72 Å². The summed E-state index contributed by atoms with van der Waals surface area (Å²) in [7, 11) is -3.36. The molecule has 0 aromatic heterocycles. The van der Waals surface area contributed by atoms with Gasteiger partial charge in [-0.25, -0.2) is 13.1 Å². The molecule has 0 spiro atoms. The number of aliphatic hydroxyl groups is 1. The summed E-state index contributed by atoms with van der Waals surface area (Å²) in [6.07, 6.45) is 1.60. The summed E-state index contributed by atoms with van der Waals surface area (Å²) in [6, 6.07) is 9.92. The largest absolute Gasteiger partial charge is 0.395 e. The molecule has 0 bridgehead atoms. The first-order valence-corrected chi connectivity index (χ1v) is 7.24. The lowest BCUT2D eigenvalue weighted by Gasteiger charge is -2.11. The van der Waals surface area contributed by atoms with Crippen molar-refractivity contribution in [3.8, 4) is 0 Å². The van der Waals surface area contributed by atoms with Crippen molar-refractivity contribution in [1.82, 2.24) is 4.72 Å². The smallest absolute Gasteiger partial charge is 0.216 e. The second-order valence-electron chi connectivity index (χ2n) is 4.02. The normalized spacial score (nSPS) is 13.5. The SMILES string of the molecule is CC(CO)S(=O)(=O)NCCCc1ccccc1. The average Bonchev–Trinajstić information content (AvgIpc) is 2.35. The number of hydrogen-bond donors (Lipinski definition) is 2. The van der Waals surface area contributed by atoms with Crippen molar-refractivity contribution < 1.29 is 13.5 Å². The van der Waals surface area contributed by atoms with Gasteiger partial charge < -0.3 is 5.11 Å². The van der Waals surface area contributed by atoms with E-state index < -0.39 is 15.3 Å². The van der Waals surface area contributed by atoms with Crippen molar-refractivity contribution >= 4 is 10.0 Å². The summed E-state index contributed by atoms with van der Waals surface area (Å²) in [4.78, 5) is 0. The van der Waals surface area contributed by atoms with Crippen molar-refractivity contribution in [2.45, 2.75) is 25.0 Å². The lowest BCUT2D eigenvalue weighted by Crippen LogP contribution is -2.35. The van der Waals surface area contributed by atoms with E-state index in [4.69, 9.17) is 5.11 Å². The van der Waals surface area contributed by atoms with Crippen molar-refractivity contribution in [2.75, 3.05) is 13.2 Å². The Morgan fingerprint density at radius 2 is 1.94 bits per heavy atom. The molecule has 4 nitrogen and oxygen atoms in total. The van der Waals surface area contributed by atoms with Gasteiger partial charge in [-0.15, -0.1) is 0 Å². The van der Waals surface area contributed by atoms with E-state index in [9.17, 15) is 8.42 Å². The number of aryl methyl sites for hydroxylation is 1. The molecule has 0 radical (unpaired) electrons. The molecule has 1 aromatic carbocycles. The van der Waals surface area contributed by atoms with E-state index in [-0.39, 0.29) is 6.61 Å². The van der Waals surface area contributed by atoms with Gasteiger partial charge in [-0.1, -0.05) is 30.3 Å². The Morgan fingerprint density at radius 1 is 1.29 bits per heavy atom. The Balaban J connectivity index is 2.30. The van der Waals surface area contributed by atoms with Gasteiger partial charge in [-0.2, -0.15) is 0 Å². The second-order valence-corrected chi connectivity index (χ2v) is 6.21. The lowest BCUT2D eigenvalue weighted by atomic mass is 10.1. The summed E-state index contributed by atoms with van der Waals surface area (Å²) in [5.41, 5.74) is 1.20. The van der Waals surface area contributed by atoms with Crippen LogP contribution in [0.1, 0.15) is 18.9 Å². The highest BCUT2D eigenvalue weighted by Gasteiger charge is 2.18. The molecule has 0 amide bonds. The maximum absolute atomic E-state index is 11.5. The number of hydrogen-bond acceptors (Lipinski definition) is 3. The maximum atomic E-state index is 11.5. The Kier molecular flexibility index (Phi) is 5.61. The monoisotopic (exact) mass is 257 g/mol. The van der Waals surface area contributed by atoms with E-state index in [1.54, 1.807) is 0 Å². The van der Waals surface area contributed by atoms with Gasteiger partial charge in [-0.3, -0.25) is 0 Å². The van der Waals surface area contributed by atoms with Crippen LogP contribution in [0.4, 0.5) is 0 Å². The molecule has 1 unspecified atom stereocenters. The van der Waals surface area contributed by atoms with E-state index in [0.29, 0.717) is 6.54 Å². The first kappa shape index (κ1) is 14.2. The lowest BCUT2D eigenvalue weighted by molar-refractivity contribution is 0.295. The van der Waals surface area contributed by atoms with Gasteiger partial charge in [0.05, 0.1) is 11.9 Å². The van der Waals surface area contributed by atoms with Gasteiger partial charge in [0.2, 0.25) is 10.0 Å². The molecule has 5 heteroatoms. The predicted molar refractivity (Wildman–Crippen MR) is 68.2 cm³/mol. The van der Waals surface area contributed by atoms with Gasteiger partial charge >= 0.3 is 0 Å². The highest BCUT2D eigenvalue weighted by Crippen LogP contribution is 2.02. The summed E-state index contributed by atoms with van der Waals surface area (Å²) >= 11 is 0. The van der Waals surface area contributed by atoms with Crippen molar-refractivity contribution in [3.05, 3.63) is 35.9 Å². The predicted octanol–water partition coefficient (Wildman–Crippen LogP) is 0.919. The summed E-state index contributed by atoms with van der Waals surface area (Å²) < 4.78 is 25.5. The van der Waals surface area contributed by atoms with Crippen LogP contribution in [0.25, 0.3) is 0 Å². The average molecular weight is 257 g/mol. The third-order valence-electron chi connectivity index (χ3n) is 2.58. The third-order valence-corrected chi connectivity index (χ3v) is 4.39. The minimum atomic E-state index is -3.36. The quantitative estimate of drug-likeness (QED) is 0.714. The van der Waals surface area contributed by atoms with Crippen LogP contribution in [0, 0.1) is 0 Å². The standard InChI is InChI=1S/C12H19NO3S/c1-11(10-14)17(15,16)13-9-5-8-12-6-3-2-4-7-12/h2-4,6-7,11,13-14H,5,8-10H2,1H3. The van der Waals surface area contributed by atoms with Crippen molar-refractivity contribution in [1.29, 1.82) is 0 Å². The van der Waals surface area contributed by atoms with Gasteiger partial charge in [0, 0.05) is 6.54 Å². The van der Waals surface area contributed by atoms with Crippen LogP contribution in [-0.2, 0) is 16.4 Å². The number of benzene rings is 1. The molecule has 2 N–H and O–H groups in total. The molecule has 0 aliphatic carbocycles. The van der Waals surface area contributed by atoms with Crippen LogP contribution in [0.2, 0.25) is 0 Å². The molecule has 0 saturated heterocycles. The van der Waals surface area contributed by atoms with E-state index >= 15 is 0 Å². The Bertz CT molecular complexity index is 417. The van der Waals surface area contributed by atoms with Gasteiger partial charge in [-0.05, 0) is 25.3 Å². The molecular weight excluding hydrogens is 238 g/mol. The van der Waals surface area contributed by atoms with Crippen LogP contribution in [0.5, 0.6) is 0 Å². The second kappa shape index (κ2) is 6.74. The summed E-state index contributed by atoms with van der Waals surface area (Å²) in [5.74, 6) is 0. The zero-order valence-corrected chi connectivity index (χ0v) is 10.8. The zero-order chi connectivity index (χ0) is 12.7. The van der Waals surface area contributed by atoms with Crippen LogP contribution in [0.3, 0.4) is 0 Å². The molecule has 0 fully saturated rings. The fourth-order valence-electron chi connectivity index (χ4n) is 1.39. The van der Waals surface area contributed by atoms with Gasteiger partial charge in [0.25, 0.3) is 0 Å². The van der Waals surface area contributed by atoms with E-state index in [1.807, 2.05) is 30.3 Å². The molecule has 96 valence electrons. The minimum Gasteiger partial charge on any atom is -0.395 e. The molecule has 0 aliphatic heterocycles. The number of rotatable bonds is 7. The van der Waals surface area contributed by atoms with Crippen molar-refractivity contribution in [2.24, 2.45) is 0 Å².